The molecule has 7 heteroatoms. The first-order chi connectivity index (χ1) is 8.88. The van der Waals surface area contributed by atoms with E-state index in [2.05, 4.69) is 21.2 Å². The van der Waals surface area contributed by atoms with E-state index in [0.29, 0.717) is 10.2 Å². The van der Waals surface area contributed by atoms with Crippen LogP contribution in [0.3, 0.4) is 0 Å². The maximum atomic E-state index is 12.8. The van der Waals surface area contributed by atoms with Crippen molar-refractivity contribution in [3.05, 3.63) is 51.3 Å². The maximum Gasteiger partial charge on any atom is 0.418 e. The topological polar surface area (TPSA) is 25.2 Å². The molecule has 0 aliphatic heterocycles. The number of rotatable bonds is 3. The van der Waals surface area contributed by atoms with Gasteiger partial charge in [0.05, 0.1) is 22.8 Å². The summed E-state index contributed by atoms with van der Waals surface area (Å²) in [6, 6.07) is 5.25. The van der Waals surface area contributed by atoms with Crippen LogP contribution in [0.15, 0.2) is 39.4 Å². The molecule has 0 radical (unpaired) electrons. The molecule has 0 spiro atoms. The van der Waals surface area contributed by atoms with Gasteiger partial charge in [-0.05, 0) is 40.2 Å². The van der Waals surface area contributed by atoms with Gasteiger partial charge in [-0.15, -0.1) is 0 Å². The minimum absolute atomic E-state index is 0.0389. The van der Waals surface area contributed by atoms with Gasteiger partial charge >= 0.3 is 6.18 Å². The molecule has 102 valence electrons. The van der Waals surface area contributed by atoms with E-state index >= 15 is 0 Å². The number of nitrogens with one attached hydrogen (secondary N) is 1. The predicted octanol–water partition coefficient (Wildman–Crippen LogP) is 5.33. The van der Waals surface area contributed by atoms with Crippen molar-refractivity contribution >= 4 is 33.2 Å². The Morgan fingerprint density at radius 3 is 2.58 bits per heavy atom. The van der Waals surface area contributed by atoms with Crippen molar-refractivity contribution in [2.45, 2.75) is 12.7 Å². The van der Waals surface area contributed by atoms with Gasteiger partial charge in [0.2, 0.25) is 0 Å². The van der Waals surface area contributed by atoms with Crippen molar-refractivity contribution in [2.75, 3.05) is 5.32 Å². The Hall–Kier alpha value is -1.14. The molecule has 2 nitrogen and oxygen atoms in total. The van der Waals surface area contributed by atoms with Gasteiger partial charge in [-0.2, -0.15) is 13.2 Å². The summed E-state index contributed by atoms with van der Waals surface area (Å²) in [6.45, 7) is 0.137. The summed E-state index contributed by atoms with van der Waals surface area (Å²) in [7, 11) is 0. The van der Waals surface area contributed by atoms with Crippen molar-refractivity contribution in [1.29, 1.82) is 0 Å². The van der Waals surface area contributed by atoms with E-state index < -0.39 is 11.7 Å². The van der Waals surface area contributed by atoms with Crippen molar-refractivity contribution < 1.29 is 17.6 Å². The fourth-order valence-corrected chi connectivity index (χ4v) is 2.05. The van der Waals surface area contributed by atoms with Gasteiger partial charge < -0.3 is 9.73 Å². The summed E-state index contributed by atoms with van der Waals surface area (Å²) >= 11 is 8.83. The van der Waals surface area contributed by atoms with Crippen LogP contribution in [-0.4, -0.2) is 0 Å². The first-order valence-corrected chi connectivity index (χ1v) is 6.37. The minimum atomic E-state index is -4.46. The Morgan fingerprint density at radius 1 is 1.26 bits per heavy atom. The summed E-state index contributed by atoms with van der Waals surface area (Å²) in [5, 5.41) is 2.73. The molecule has 1 aromatic carbocycles. The van der Waals surface area contributed by atoms with E-state index in [9.17, 15) is 13.2 Å². The van der Waals surface area contributed by atoms with Crippen molar-refractivity contribution in [2.24, 2.45) is 0 Å². The Morgan fingerprint density at radius 2 is 2.00 bits per heavy atom. The van der Waals surface area contributed by atoms with E-state index in [-0.39, 0.29) is 17.3 Å². The van der Waals surface area contributed by atoms with Crippen LogP contribution in [0.5, 0.6) is 0 Å². The summed E-state index contributed by atoms with van der Waals surface area (Å²) in [5.74, 6) is 0.517. The molecule has 0 bridgehead atoms. The minimum Gasteiger partial charge on any atom is -0.466 e. The average Bonchev–Trinajstić information content (AvgIpc) is 2.72. The molecule has 1 heterocycles. The molecular formula is C12H8BrClF3NO. The lowest BCUT2D eigenvalue weighted by Crippen LogP contribution is -2.10. The van der Waals surface area contributed by atoms with Gasteiger partial charge in [0.25, 0.3) is 0 Å². The van der Waals surface area contributed by atoms with E-state index in [1.807, 2.05) is 0 Å². The highest BCUT2D eigenvalue weighted by Crippen LogP contribution is 2.36. The van der Waals surface area contributed by atoms with Gasteiger partial charge in [-0.3, -0.25) is 0 Å². The van der Waals surface area contributed by atoms with Gasteiger partial charge in [0.1, 0.15) is 5.76 Å². The number of alkyl halides is 3. The van der Waals surface area contributed by atoms with Crippen LogP contribution in [0.2, 0.25) is 5.02 Å². The fourth-order valence-electron chi connectivity index (χ4n) is 1.53. The fraction of sp³-hybridized carbons (Fsp3) is 0.167. The van der Waals surface area contributed by atoms with Gasteiger partial charge in [0.15, 0.2) is 0 Å². The Bertz CT molecular complexity index is 583. The molecule has 0 fully saturated rings. The Kier molecular flexibility index (Phi) is 4.10. The summed E-state index contributed by atoms with van der Waals surface area (Å²) in [5.41, 5.74) is -0.845. The largest absolute Gasteiger partial charge is 0.466 e. The number of furan rings is 1. The SMILES string of the molecule is FC(F)(F)c1cc(Cl)ccc1NCc1occc1Br. The third-order valence-electron chi connectivity index (χ3n) is 2.42. The third kappa shape index (κ3) is 3.45. The first kappa shape index (κ1) is 14.3. The van der Waals surface area contributed by atoms with Crippen molar-refractivity contribution in [3.8, 4) is 0 Å². The number of halogens is 5. The first-order valence-electron chi connectivity index (χ1n) is 5.20. The van der Waals surface area contributed by atoms with Crippen molar-refractivity contribution in [3.63, 3.8) is 0 Å². The highest BCUT2D eigenvalue weighted by molar-refractivity contribution is 9.10. The molecule has 0 unspecified atom stereocenters. The molecular weight excluding hydrogens is 346 g/mol. The highest BCUT2D eigenvalue weighted by atomic mass is 79.9. The monoisotopic (exact) mass is 353 g/mol. The zero-order valence-corrected chi connectivity index (χ0v) is 11.7. The molecule has 0 saturated heterocycles. The van der Waals surface area contributed by atoms with Crippen LogP contribution >= 0.6 is 27.5 Å². The second-order valence-electron chi connectivity index (χ2n) is 3.73. The number of anilines is 1. The smallest absolute Gasteiger partial charge is 0.418 e. The lowest BCUT2D eigenvalue weighted by atomic mass is 10.1. The second-order valence-corrected chi connectivity index (χ2v) is 5.02. The summed E-state index contributed by atoms with van der Waals surface area (Å²) < 4.78 is 44.3. The molecule has 0 saturated carbocycles. The molecule has 2 aromatic rings. The Balaban J connectivity index is 2.23. The van der Waals surface area contributed by atoms with Crippen LogP contribution in [0, 0.1) is 0 Å². The molecule has 0 amide bonds. The maximum absolute atomic E-state index is 12.8. The van der Waals surface area contributed by atoms with Crippen LogP contribution in [0.4, 0.5) is 18.9 Å². The zero-order chi connectivity index (χ0) is 14.0. The predicted molar refractivity (Wildman–Crippen MR) is 70.2 cm³/mol. The van der Waals surface area contributed by atoms with Crippen LogP contribution in [0.25, 0.3) is 0 Å². The van der Waals surface area contributed by atoms with E-state index in [1.54, 1.807) is 6.07 Å². The quantitative estimate of drug-likeness (QED) is 0.806. The van der Waals surface area contributed by atoms with E-state index in [4.69, 9.17) is 16.0 Å². The molecule has 0 aliphatic carbocycles. The van der Waals surface area contributed by atoms with Crippen LogP contribution < -0.4 is 5.32 Å². The summed E-state index contributed by atoms with van der Waals surface area (Å²) in [4.78, 5) is 0. The number of hydrogen-bond donors (Lipinski definition) is 1. The van der Waals surface area contributed by atoms with Gasteiger partial charge in [0, 0.05) is 10.7 Å². The van der Waals surface area contributed by atoms with Crippen molar-refractivity contribution in [1.82, 2.24) is 0 Å². The lowest BCUT2D eigenvalue weighted by Gasteiger charge is -2.14. The standard InChI is InChI=1S/C12H8BrClF3NO/c13-9-3-4-19-11(9)6-18-10-2-1-7(14)5-8(10)12(15,16)17/h1-5,18H,6H2. The Labute approximate surface area is 120 Å². The molecule has 19 heavy (non-hydrogen) atoms. The lowest BCUT2D eigenvalue weighted by molar-refractivity contribution is -0.136. The van der Waals surface area contributed by atoms with Crippen LogP contribution in [-0.2, 0) is 12.7 Å². The number of benzene rings is 1. The third-order valence-corrected chi connectivity index (χ3v) is 3.36. The van der Waals surface area contributed by atoms with Gasteiger partial charge in [-0.1, -0.05) is 11.6 Å². The molecule has 1 aromatic heterocycles. The number of hydrogen-bond acceptors (Lipinski definition) is 2. The second kappa shape index (κ2) is 5.46. The van der Waals surface area contributed by atoms with Gasteiger partial charge in [-0.25, -0.2) is 0 Å². The zero-order valence-electron chi connectivity index (χ0n) is 9.39. The highest BCUT2D eigenvalue weighted by Gasteiger charge is 2.33. The molecule has 2 rings (SSSR count). The molecule has 0 aliphatic rings. The summed E-state index contributed by atoms with van der Waals surface area (Å²) in [6.07, 6.45) is -3.01. The molecule has 1 N–H and O–H groups in total. The average molecular weight is 355 g/mol. The van der Waals surface area contributed by atoms with E-state index in [0.717, 1.165) is 6.07 Å². The van der Waals surface area contributed by atoms with E-state index in [1.165, 1.54) is 18.4 Å². The molecule has 0 atom stereocenters. The van der Waals surface area contributed by atoms with Crippen LogP contribution in [0.1, 0.15) is 11.3 Å². The normalized spacial score (nSPS) is 11.6.